The van der Waals surface area contributed by atoms with Crippen LogP contribution in [0.4, 0.5) is 0 Å². The molecule has 0 radical (unpaired) electrons. The molecule has 27 heavy (non-hydrogen) atoms. The van der Waals surface area contributed by atoms with Crippen molar-refractivity contribution >= 4 is 19.1 Å². The number of H-pyrrole nitrogens is 1. The van der Waals surface area contributed by atoms with E-state index in [4.69, 9.17) is 26.4 Å². The molecule has 4 atom stereocenters. The Bertz CT molecular complexity index is 879. The Morgan fingerprint density at radius 3 is 2.89 bits per heavy atom. The van der Waals surface area contributed by atoms with E-state index >= 15 is 0 Å². The second-order valence-corrected chi connectivity index (χ2v) is 9.31. The number of rotatable bonds is 8. The lowest BCUT2D eigenvalue weighted by molar-refractivity contribution is -0.0223. The standard InChI is InChI=1S/C14H22ClN6O5P/c1-8(2)19-27(24,7-15)25-6-11-10(18-20-16)4-12(26-11)21-5-9(3)13(22)17-14(21)23/h5,8,10-12H,4,6-7H2,1-3H3,(H,19,24)(H,17,22,23)/t10-,11+,12+,27?/m0/s1. The van der Waals surface area contributed by atoms with Gasteiger partial charge in [-0.3, -0.25) is 18.9 Å². The minimum atomic E-state index is -3.29. The zero-order valence-corrected chi connectivity index (χ0v) is 16.8. The van der Waals surface area contributed by atoms with Crippen LogP contribution in [0.5, 0.6) is 0 Å². The number of hydrogen-bond acceptors (Lipinski definition) is 6. The van der Waals surface area contributed by atoms with Gasteiger partial charge >= 0.3 is 5.69 Å². The number of azide groups is 1. The van der Waals surface area contributed by atoms with Gasteiger partial charge in [0, 0.05) is 29.1 Å². The molecule has 150 valence electrons. The van der Waals surface area contributed by atoms with Crippen molar-refractivity contribution in [2.45, 2.75) is 51.6 Å². The van der Waals surface area contributed by atoms with E-state index in [1.54, 1.807) is 20.8 Å². The molecule has 1 aromatic heterocycles. The number of alkyl halides is 1. The van der Waals surface area contributed by atoms with Crippen molar-refractivity contribution in [1.82, 2.24) is 14.6 Å². The maximum atomic E-state index is 12.6. The molecule has 0 saturated carbocycles. The summed E-state index contributed by atoms with van der Waals surface area (Å²) in [5.41, 5.74) is 7.78. The van der Waals surface area contributed by atoms with Crippen molar-refractivity contribution in [2.24, 2.45) is 5.11 Å². The third kappa shape index (κ3) is 5.44. The molecule has 11 nitrogen and oxygen atoms in total. The fourth-order valence-electron chi connectivity index (χ4n) is 2.72. The highest BCUT2D eigenvalue weighted by Gasteiger charge is 2.38. The first-order valence-electron chi connectivity index (χ1n) is 8.28. The molecule has 1 unspecified atom stereocenters. The zero-order valence-electron chi connectivity index (χ0n) is 15.2. The molecule has 0 spiro atoms. The Kier molecular flexibility index (Phi) is 7.27. The van der Waals surface area contributed by atoms with Crippen LogP contribution in [0.2, 0.25) is 0 Å². The lowest BCUT2D eigenvalue weighted by atomic mass is 10.1. The summed E-state index contributed by atoms with van der Waals surface area (Å²) >= 11 is 5.76. The Balaban J connectivity index is 2.19. The summed E-state index contributed by atoms with van der Waals surface area (Å²) in [6, 6.07) is -0.746. The molecule has 0 bridgehead atoms. The van der Waals surface area contributed by atoms with Crippen LogP contribution < -0.4 is 16.3 Å². The predicted octanol–water partition coefficient (Wildman–Crippen LogP) is 2.22. The van der Waals surface area contributed by atoms with Crippen LogP contribution >= 0.6 is 19.1 Å². The summed E-state index contributed by atoms with van der Waals surface area (Å²) in [6.07, 6.45) is 0.0967. The normalized spacial score (nSPS) is 24.6. The highest BCUT2D eigenvalue weighted by atomic mass is 35.5. The fourth-order valence-corrected chi connectivity index (χ4v) is 4.52. The molecule has 1 saturated heterocycles. The van der Waals surface area contributed by atoms with Crippen molar-refractivity contribution in [2.75, 3.05) is 12.2 Å². The summed E-state index contributed by atoms with van der Waals surface area (Å²) in [4.78, 5) is 28.6. The van der Waals surface area contributed by atoms with Gasteiger partial charge in [0.25, 0.3) is 13.1 Å². The van der Waals surface area contributed by atoms with E-state index in [1.807, 2.05) is 0 Å². The molecule has 2 heterocycles. The number of ether oxygens (including phenoxy) is 1. The summed E-state index contributed by atoms with van der Waals surface area (Å²) in [7, 11) is -3.29. The highest BCUT2D eigenvalue weighted by Crippen LogP contribution is 2.45. The molecule has 1 aliphatic rings. The first-order chi connectivity index (χ1) is 12.7. The summed E-state index contributed by atoms with van der Waals surface area (Å²) in [6.45, 7) is 5.03. The van der Waals surface area contributed by atoms with Crippen LogP contribution in [0, 0.1) is 6.92 Å². The number of nitrogens with one attached hydrogen (secondary N) is 2. The van der Waals surface area contributed by atoms with E-state index in [-0.39, 0.29) is 24.7 Å². The summed E-state index contributed by atoms with van der Waals surface area (Å²) in [5.74, 6) is 0. The van der Waals surface area contributed by atoms with Crippen LogP contribution in [-0.2, 0) is 13.8 Å². The van der Waals surface area contributed by atoms with Crippen LogP contribution in [0.25, 0.3) is 10.4 Å². The number of aromatic nitrogens is 2. The monoisotopic (exact) mass is 420 g/mol. The van der Waals surface area contributed by atoms with E-state index in [2.05, 4.69) is 20.1 Å². The van der Waals surface area contributed by atoms with Crippen LogP contribution in [0.15, 0.2) is 20.9 Å². The Hall–Kier alpha value is -1.61. The maximum Gasteiger partial charge on any atom is 0.330 e. The second-order valence-electron chi connectivity index (χ2n) is 6.49. The topological polar surface area (TPSA) is 151 Å². The number of nitrogens with zero attached hydrogens (tertiary/aromatic N) is 4. The molecule has 2 N–H and O–H groups in total. The molecule has 0 amide bonds. The molecule has 1 aromatic rings. The van der Waals surface area contributed by atoms with Crippen molar-refractivity contribution in [3.05, 3.63) is 43.0 Å². The van der Waals surface area contributed by atoms with E-state index in [9.17, 15) is 14.2 Å². The minimum Gasteiger partial charge on any atom is -0.352 e. The molecular formula is C14H22ClN6O5P. The number of halogens is 1. The van der Waals surface area contributed by atoms with E-state index in [1.165, 1.54) is 10.8 Å². The Labute approximate surface area is 160 Å². The molecule has 13 heteroatoms. The largest absolute Gasteiger partial charge is 0.352 e. The molecule has 1 aliphatic heterocycles. The van der Waals surface area contributed by atoms with Gasteiger partial charge in [-0.15, -0.1) is 11.6 Å². The van der Waals surface area contributed by atoms with Crippen molar-refractivity contribution in [1.29, 1.82) is 0 Å². The number of aromatic amines is 1. The number of hydrogen-bond donors (Lipinski definition) is 2. The van der Waals surface area contributed by atoms with E-state index in [0.29, 0.717) is 5.56 Å². The van der Waals surface area contributed by atoms with Gasteiger partial charge in [0.05, 0.1) is 18.8 Å². The molecule has 0 aromatic carbocycles. The average Bonchev–Trinajstić information content (AvgIpc) is 2.99. The SMILES string of the molecule is Cc1cn([C@H]2C[C@H](N=[N+]=[N-])[C@@H](COP(=O)(CCl)NC(C)C)O2)c(=O)[nH]c1=O. The van der Waals surface area contributed by atoms with Crippen molar-refractivity contribution < 1.29 is 13.8 Å². The smallest absolute Gasteiger partial charge is 0.330 e. The minimum absolute atomic E-state index is 0.109. The Morgan fingerprint density at radius 2 is 2.30 bits per heavy atom. The van der Waals surface area contributed by atoms with Gasteiger partial charge in [0.1, 0.15) is 11.8 Å². The first kappa shape index (κ1) is 21.7. The van der Waals surface area contributed by atoms with Gasteiger partial charge in [-0.25, -0.2) is 9.88 Å². The number of aryl methyl sites for hydroxylation is 1. The first-order valence-corrected chi connectivity index (χ1v) is 10.6. The molecule has 0 aliphatic carbocycles. The summed E-state index contributed by atoms with van der Waals surface area (Å²) < 4.78 is 25.1. The third-order valence-corrected chi connectivity index (χ3v) is 6.65. The van der Waals surface area contributed by atoms with Gasteiger partial charge < -0.3 is 9.26 Å². The Morgan fingerprint density at radius 1 is 1.59 bits per heavy atom. The van der Waals surface area contributed by atoms with Crippen molar-refractivity contribution in [3.8, 4) is 0 Å². The van der Waals surface area contributed by atoms with Gasteiger partial charge in [0.15, 0.2) is 0 Å². The molecular weight excluding hydrogens is 399 g/mol. The van der Waals surface area contributed by atoms with E-state index < -0.39 is 37.1 Å². The maximum absolute atomic E-state index is 12.6. The van der Waals surface area contributed by atoms with Crippen molar-refractivity contribution in [3.63, 3.8) is 0 Å². The highest BCUT2D eigenvalue weighted by molar-refractivity contribution is 7.58. The predicted molar refractivity (Wildman–Crippen MR) is 100 cm³/mol. The van der Waals surface area contributed by atoms with Crippen LogP contribution in [-0.4, -0.2) is 40.0 Å². The third-order valence-electron chi connectivity index (χ3n) is 3.92. The lowest BCUT2D eigenvalue weighted by Crippen LogP contribution is -2.33. The van der Waals surface area contributed by atoms with E-state index in [0.717, 1.165) is 0 Å². The van der Waals surface area contributed by atoms with Crippen LogP contribution in [0.3, 0.4) is 0 Å². The van der Waals surface area contributed by atoms with Gasteiger partial charge in [-0.1, -0.05) is 5.11 Å². The van der Waals surface area contributed by atoms with Gasteiger partial charge in [0.2, 0.25) is 0 Å². The van der Waals surface area contributed by atoms with Crippen LogP contribution in [0.1, 0.15) is 32.1 Å². The van der Waals surface area contributed by atoms with Gasteiger partial charge in [-0.2, -0.15) is 0 Å². The zero-order chi connectivity index (χ0) is 20.2. The van der Waals surface area contributed by atoms with Gasteiger partial charge in [-0.05, 0) is 26.3 Å². The fraction of sp³-hybridized carbons (Fsp3) is 0.714. The average molecular weight is 421 g/mol. The lowest BCUT2D eigenvalue weighted by Gasteiger charge is -2.23. The second kappa shape index (κ2) is 9.05. The molecule has 1 fully saturated rings. The quantitative estimate of drug-likeness (QED) is 0.216. The summed E-state index contributed by atoms with van der Waals surface area (Å²) in [5, 5.41) is 6.47. The molecule has 2 rings (SSSR count).